The minimum atomic E-state index is -0.304. The van der Waals surface area contributed by atoms with Gasteiger partial charge in [-0.25, -0.2) is 23.7 Å². The predicted octanol–water partition coefficient (Wildman–Crippen LogP) is 12.2. The standard InChI is InChI=1S/C41H21F2N3S2/c42-31-16-8-14-23-27(31)20-29(35-25-12-4-6-18-33(25)47-37(23)35)40-44-39(22-10-2-1-3-11-22)45-41(46-40)30-21-28-24(15-9-17-32(28)43)38-36(30)26-13-5-7-19-34(26)48-38/h1-21H. The van der Waals surface area contributed by atoms with Gasteiger partial charge in [-0.3, -0.25) is 0 Å². The second kappa shape index (κ2) is 10.4. The predicted molar refractivity (Wildman–Crippen MR) is 197 cm³/mol. The Labute approximate surface area is 280 Å². The van der Waals surface area contributed by atoms with E-state index < -0.39 is 0 Å². The van der Waals surface area contributed by atoms with Crippen LogP contribution in [0.5, 0.6) is 0 Å². The molecule has 0 spiro atoms. The third-order valence-corrected chi connectivity index (χ3v) is 11.5. The molecule has 0 aliphatic carbocycles. The van der Waals surface area contributed by atoms with Crippen molar-refractivity contribution >= 4 is 84.6 Å². The highest BCUT2D eigenvalue weighted by Crippen LogP contribution is 2.46. The Morgan fingerprint density at radius 2 is 0.833 bits per heavy atom. The maximum Gasteiger partial charge on any atom is 0.164 e. The molecule has 0 amide bonds. The lowest BCUT2D eigenvalue weighted by atomic mass is 9.98. The van der Waals surface area contributed by atoms with Gasteiger partial charge in [-0.1, -0.05) is 91.0 Å². The van der Waals surface area contributed by atoms with Crippen LogP contribution in [0.15, 0.2) is 127 Å². The van der Waals surface area contributed by atoms with E-state index in [1.54, 1.807) is 34.8 Å². The van der Waals surface area contributed by atoms with E-state index in [0.717, 1.165) is 67.8 Å². The second-order valence-electron chi connectivity index (χ2n) is 11.8. The Bertz CT molecular complexity index is 2750. The molecule has 0 unspecified atom stereocenters. The van der Waals surface area contributed by atoms with Crippen molar-refractivity contribution in [3.8, 4) is 34.2 Å². The number of hydrogen-bond donors (Lipinski definition) is 0. The van der Waals surface area contributed by atoms with Gasteiger partial charge in [-0.05, 0) is 36.4 Å². The molecule has 48 heavy (non-hydrogen) atoms. The van der Waals surface area contributed by atoms with Gasteiger partial charge in [0.05, 0.1) is 0 Å². The van der Waals surface area contributed by atoms with E-state index in [4.69, 9.17) is 15.0 Å². The molecular weight excluding hydrogens is 637 g/mol. The molecular formula is C41H21F2N3S2. The molecule has 3 heterocycles. The molecule has 0 N–H and O–H groups in total. The Morgan fingerprint density at radius 3 is 1.35 bits per heavy atom. The topological polar surface area (TPSA) is 38.7 Å². The van der Waals surface area contributed by atoms with Crippen molar-refractivity contribution in [3.05, 3.63) is 139 Å². The summed E-state index contributed by atoms with van der Waals surface area (Å²) in [5.41, 5.74) is 2.26. The maximum atomic E-state index is 15.5. The van der Waals surface area contributed by atoms with Crippen LogP contribution in [0.2, 0.25) is 0 Å². The molecule has 10 rings (SSSR count). The highest BCUT2D eigenvalue weighted by atomic mass is 32.1. The van der Waals surface area contributed by atoms with Crippen LogP contribution in [0.1, 0.15) is 0 Å². The lowest BCUT2D eigenvalue weighted by Crippen LogP contribution is -2.01. The van der Waals surface area contributed by atoms with Crippen molar-refractivity contribution in [2.24, 2.45) is 0 Å². The molecule has 3 nitrogen and oxygen atoms in total. The molecule has 0 atom stereocenters. The highest BCUT2D eigenvalue weighted by Gasteiger charge is 2.23. The maximum absolute atomic E-state index is 15.5. The van der Waals surface area contributed by atoms with Crippen LogP contribution in [0.4, 0.5) is 8.78 Å². The molecule has 0 aliphatic rings. The van der Waals surface area contributed by atoms with Gasteiger partial charge in [-0.2, -0.15) is 0 Å². The van der Waals surface area contributed by atoms with Crippen molar-refractivity contribution in [2.75, 3.05) is 0 Å². The first-order chi connectivity index (χ1) is 23.6. The third kappa shape index (κ3) is 4.05. The van der Waals surface area contributed by atoms with Crippen LogP contribution in [0.3, 0.4) is 0 Å². The largest absolute Gasteiger partial charge is 0.208 e. The van der Waals surface area contributed by atoms with Gasteiger partial charge >= 0.3 is 0 Å². The summed E-state index contributed by atoms with van der Waals surface area (Å²) in [5.74, 6) is 0.736. The summed E-state index contributed by atoms with van der Waals surface area (Å²) in [4.78, 5) is 15.3. The van der Waals surface area contributed by atoms with Crippen LogP contribution in [0.25, 0.3) is 96.1 Å². The summed E-state index contributed by atoms with van der Waals surface area (Å²) in [6.45, 7) is 0. The van der Waals surface area contributed by atoms with E-state index >= 15 is 8.78 Å². The number of thiophene rings is 2. The van der Waals surface area contributed by atoms with Crippen molar-refractivity contribution in [1.29, 1.82) is 0 Å². The van der Waals surface area contributed by atoms with Crippen LogP contribution in [-0.4, -0.2) is 15.0 Å². The monoisotopic (exact) mass is 657 g/mol. The molecule has 0 bridgehead atoms. The quantitative estimate of drug-likeness (QED) is 0.190. The van der Waals surface area contributed by atoms with Crippen LogP contribution in [0, 0.1) is 11.6 Å². The SMILES string of the molecule is Fc1cccc2c1cc(-c1nc(-c3ccccc3)nc(-c3cc4c(F)cccc4c4sc5ccccc5c34)n1)c1c3ccccc3sc21. The first-order valence-corrected chi connectivity index (χ1v) is 17.1. The van der Waals surface area contributed by atoms with E-state index in [0.29, 0.717) is 28.2 Å². The number of hydrogen-bond acceptors (Lipinski definition) is 5. The first-order valence-electron chi connectivity index (χ1n) is 15.5. The van der Waals surface area contributed by atoms with E-state index in [2.05, 4.69) is 24.3 Å². The zero-order valence-electron chi connectivity index (χ0n) is 25.0. The fraction of sp³-hybridized carbons (Fsp3) is 0. The van der Waals surface area contributed by atoms with Crippen LogP contribution < -0.4 is 0 Å². The van der Waals surface area contributed by atoms with Gasteiger partial charge in [0.25, 0.3) is 0 Å². The van der Waals surface area contributed by atoms with Crippen LogP contribution in [-0.2, 0) is 0 Å². The molecule has 0 saturated heterocycles. The van der Waals surface area contributed by atoms with Crippen molar-refractivity contribution in [2.45, 2.75) is 0 Å². The fourth-order valence-corrected chi connectivity index (χ4v) is 9.40. The van der Waals surface area contributed by atoms with E-state index in [1.165, 1.54) is 12.1 Å². The van der Waals surface area contributed by atoms with Gasteiger partial charge in [0.1, 0.15) is 11.6 Å². The van der Waals surface area contributed by atoms with Crippen molar-refractivity contribution in [1.82, 2.24) is 15.0 Å². The van der Waals surface area contributed by atoms with Gasteiger partial charge in [0, 0.05) is 78.6 Å². The Kier molecular flexibility index (Phi) is 5.98. The third-order valence-electron chi connectivity index (χ3n) is 9.05. The molecule has 226 valence electrons. The molecule has 7 heteroatoms. The lowest BCUT2D eigenvalue weighted by molar-refractivity contribution is 0.639. The van der Waals surface area contributed by atoms with Crippen molar-refractivity contribution < 1.29 is 8.78 Å². The number of nitrogens with zero attached hydrogens (tertiary/aromatic N) is 3. The minimum Gasteiger partial charge on any atom is -0.208 e. The molecule has 0 fully saturated rings. The van der Waals surface area contributed by atoms with E-state index in [9.17, 15) is 0 Å². The summed E-state index contributed by atoms with van der Waals surface area (Å²) >= 11 is 3.28. The molecule has 3 aromatic heterocycles. The lowest BCUT2D eigenvalue weighted by Gasteiger charge is -2.13. The fourth-order valence-electron chi connectivity index (χ4n) is 6.89. The van der Waals surface area contributed by atoms with Gasteiger partial charge in [-0.15, -0.1) is 22.7 Å². The second-order valence-corrected chi connectivity index (χ2v) is 13.9. The summed E-state index contributed by atoms with van der Waals surface area (Å²) < 4.78 is 35.2. The highest BCUT2D eigenvalue weighted by molar-refractivity contribution is 7.27. The first kappa shape index (κ1) is 27.5. The summed E-state index contributed by atoms with van der Waals surface area (Å²) in [5, 5.41) is 6.78. The normalized spacial score (nSPS) is 12.0. The molecule has 10 aromatic rings. The Morgan fingerprint density at radius 1 is 0.396 bits per heavy atom. The summed E-state index contributed by atoms with van der Waals surface area (Å²) in [7, 11) is 0. The van der Waals surface area contributed by atoms with E-state index in [1.807, 2.05) is 78.9 Å². The number of halogens is 2. The molecule has 0 aliphatic heterocycles. The van der Waals surface area contributed by atoms with Gasteiger partial charge in [0.2, 0.25) is 0 Å². The van der Waals surface area contributed by atoms with Crippen molar-refractivity contribution in [3.63, 3.8) is 0 Å². The number of benzene rings is 7. The zero-order valence-corrected chi connectivity index (χ0v) is 26.7. The summed E-state index contributed by atoms with van der Waals surface area (Å²) in [6.07, 6.45) is 0. The van der Waals surface area contributed by atoms with Crippen LogP contribution >= 0.6 is 22.7 Å². The Balaban J connectivity index is 1.37. The average molecular weight is 658 g/mol. The number of aromatic nitrogens is 3. The molecule has 7 aromatic carbocycles. The van der Waals surface area contributed by atoms with Gasteiger partial charge < -0.3 is 0 Å². The average Bonchev–Trinajstić information content (AvgIpc) is 3.72. The Hall–Kier alpha value is -5.63. The number of rotatable bonds is 3. The zero-order chi connectivity index (χ0) is 31.9. The number of fused-ring (bicyclic) bond motifs is 10. The van der Waals surface area contributed by atoms with Gasteiger partial charge in [0.15, 0.2) is 17.5 Å². The smallest absolute Gasteiger partial charge is 0.164 e. The minimum absolute atomic E-state index is 0.304. The summed E-state index contributed by atoms with van der Waals surface area (Å²) in [6, 6.07) is 40.4. The molecule has 0 saturated carbocycles. The molecule has 0 radical (unpaired) electrons. The van der Waals surface area contributed by atoms with E-state index in [-0.39, 0.29) is 11.6 Å².